The number of carbonyl (C=O) groups is 1. The number of anilines is 1. The highest BCUT2D eigenvalue weighted by atomic mass is 32.2. The van der Waals surface area contributed by atoms with Crippen LogP contribution < -0.4 is 10.0 Å². The maximum absolute atomic E-state index is 12.4. The summed E-state index contributed by atoms with van der Waals surface area (Å²) >= 11 is 0. The van der Waals surface area contributed by atoms with E-state index in [-0.39, 0.29) is 10.8 Å². The van der Waals surface area contributed by atoms with Crippen LogP contribution in [0.5, 0.6) is 0 Å². The SMILES string of the molecule is Cc1cc(S(=O)(=O)NC(C)(C)C)ccc1NC(=O)c1ccccc1. The highest BCUT2D eigenvalue weighted by molar-refractivity contribution is 7.89. The van der Waals surface area contributed by atoms with Gasteiger partial charge in [-0.1, -0.05) is 18.2 Å². The van der Waals surface area contributed by atoms with Crippen LogP contribution in [0.25, 0.3) is 0 Å². The lowest BCUT2D eigenvalue weighted by molar-refractivity contribution is 0.102. The van der Waals surface area contributed by atoms with Gasteiger partial charge in [0.15, 0.2) is 0 Å². The monoisotopic (exact) mass is 346 g/mol. The van der Waals surface area contributed by atoms with E-state index in [1.807, 2.05) is 6.07 Å². The van der Waals surface area contributed by atoms with Crippen molar-refractivity contribution in [2.45, 2.75) is 38.1 Å². The minimum Gasteiger partial charge on any atom is -0.322 e. The van der Waals surface area contributed by atoms with E-state index in [2.05, 4.69) is 10.0 Å². The zero-order valence-electron chi connectivity index (χ0n) is 14.3. The predicted molar refractivity (Wildman–Crippen MR) is 95.6 cm³/mol. The van der Waals surface area contributed by atoms with Gasteiger partial charge >= 0.3 is 0 Å². The first-order valence-corrected chi connectivity index (χ1v) is 9.08. The van der Waals surface area contributed by atoms with Crippen molar-refractivity contribution in [1.29, 1.82) is 0 Å². The van der Waals surface area contributed by atoms with Gasteiger partial charge in [0, 0.05) is 16.8 Å². The maximum atomic E-state index is 12.4. The summed E-state index contributed by atoms with van der Waals surface area (Å²) in [6.45, 7) is 7.11. The first-order chi connectivity index (χ1) is 11.1. The molecule has 0 unspecified atom stereocenters. The van der Waals surface area contributed by atoms with Crippen LogP contribution >= 0.6 is 0 Å². The molecule has 0 fully saturated rings. The molecule has 0 aromatic heterocycles. The maximum Gasteiger partial charge on any atom is 0.255 e. The third-order valence-electron chi connectivity index (χ3n) is 3.23. The van der Waals surface area contributed by atoms with Crippen LogP contribution in [0.3, 0.4) is 0 Å². The molecule has 0 saturated heterocycles. The molecule has 128 valence electrons. The summed E-state index contributed by atoms with van der Waals surface area (Å²) in [5.41, 5.74) is 1.24. The molecule has 24 heavy (non-hydrogen) atoms. The number of carbonyl (C=O) groups excluding carboxylic acids is 1. The lowest BCUT2D eigenvalue weighted by Crippen LogP contribution is -2.40. The molecule has 0 spiro atoms. The fourth-order valence-electron chi connectivity index (χ4n) is 2.19. The molecule has 2 aromatic carbocycles. The van der Waals surface area contributed by atoms with E-state index in [0.717, 1.165) is 0 Å². The number of nitrogens with one attached hydrogen (secondary N) is 2. The second-order valence-electron chi connectivity index (χ2n) is 6.65. The number of sulfonamides is 1. The van der Waals surface area contributed by atoms with Gasteiger partial charge < -0.3 is 5.32 Å². The first kappa shape index (κ1) is 18.2. The Kier molecular flexibility index (Phi) is 5.11. The number of aryl methyl sites for hydroxylation is 1. The molecule has 0 aliphatic heterocycles. The number of amides is 1. The number of hydrogen-bond acceptors (Lipinski definition) is 3. The summed E-state index contributed by atoms with van der Waals surface area (Å²) < 4.78 is 27.3. The summed E-state index contributed by atoms with van der Waals surface area (Å²) in [7, 11) is -3.60. The van der Waals surface area contributed by atoms with Crippen LogP contribution in [-0.4, -0.2) is 19.9 Å². The first-order valence-electron chi connectivity index (χ1n) is 7.59. The molecule has 0 saturated carbocycles. The molecule has 0 aliphatic carbocycles. The van der Waals surface area contributed by atoms with E-state index >= 15 is 0 Å². The molecule has 0 atom stereocenters. The minimum absolute atomic E-state index is 0.174. The third kappa shape index (κ3) is 4.66. The van der Waals surface area contributed by atoms with Gasteiger partial charge in [-0.15, -0.1) is 0 Å². The van der Waals surface area contributed by atoms with Gasteiger partial charge in [-0.25, -0.2) is 13.1 Å². The van der Waals surface area contributed by atoms with Crippen molar-refractivity contribution in [2.75, 3.05) is 5.32 Å². The molecule has 0 radical (unpaired) electrons. The van der Waals surface area contributed by atoms with Gasteiger partial charge in [0.1, 0.15) is 0 Å². The van der Waals surface area contributed by atoms with Crippen molar-refractivity contribution < 1.29 is 13.2 Å². The third-order valence-corrected chi connectivity index (χ3v) is 4.99. The smallest absolute Gasteiger partial charge is 0.255 e. The summed E-state index contributed by atoms with van der Waals surface area (Å²) in [6.07, 6.45) is 0. The highest BCUT2D eigenvalue weighted by Gasteiger charge is 2.22. The second-order valence-corrected chi connectivity index (χ2v) is 8.33. The molecular weight excluding hydrogens is 324 g/mol. The van der Waals surface area contributed by atoms with Crippen LogP contribution in [0.15, 0.2) is 53.4 Å². The van der Waals surface area contributed by atoms with Gasteiger partial charge in [0.25, 0.3) is 5.91 Å². The zero-order chi connectivity index (χ0) is 18.0. The van der Waals surface area contributed by atoms with Gasteiger partial charge in [-0.05, 0) is 63.6 Å². The van der Waals surface area contributed by atoms with E-state index < -0.39 is 15.6 Å². The summed E-state index contributed by atoms with van der Waals surface area (Å²) in [6, 6.07) is 13.5. The minimum atomic E-state index is -3.60. The Hall–Kier alpha value is -2.18. The Morgan fingerprint density at radius 1 is 1.00 bits per heavy atom. The molecule has 2 rings (SSSR count). The van der Waals surface area contributed by atoms with E-state index in [1.165, 1.54) is 6.07 Å². The Morgan fingerprint density at radius 2 is 1.62 bits per heavy atom. The summed E-state index contributed by atoms with van der Waals surface area (Å²) in [5, 5.41) is 2.80. The standard InChI is InChI=1S/C18H22N2O3S/c1-13-12-15(24(22,23)20-18(2,3)4)10-11-16(13)19-17(21)14-8-6-5-7-9-14/h5-12,20H,1-4H3,(H,19,21). The number of rotatable bonds is 4. The topological polar surface area (TPSA) is 75.3 Å². The van der Waals surface area contributed by atoms with Crippen molar-refractivity contribution in [3.63, 3.8) is 0 Å². The molecule has 0 aliphatic rings. The van der Waals surface area contributed by atoms with Crippen LogP contribution in [-0.2, 0) is 10.0 Å². The van der Waals surface area contributed by atoms with Crippen molar-refractivity contribution >= 4 is 21.6 Å². The molecule has 0 heterocycles. The number of hydrogen-bond donors (Lipinski definition) is 2. The van der Waals surface area contributed by atoms with E-state index in [9.17, 15) is 13.2 Å². The summed E-state index contributed by atoms with van der Waals surface area (Å²) in [4.78, 5) is 12.4. The van der Waals surface area contributed by atoms with Crippen molar-refractivity contribution in [3.05, 3.63) is 59.7 Å². The number of benzene rings is 2. The van der Waals surface area contributed by atoms with Gasteiger partial charge in [0.2, 0.25) is 10.0 Å². The average Bonchev–Trinajstić information content (AvgIpc) is 2.47. The van der Waals surface area contributed by atoms with Crippen molar-refractivity contribution in [2.24, 2.45) is 0 Å². The highest BCUT2D eigenvalue weighted by Crippen LogP contribution is 2.21. The Balaban J connectivity index is 2.23. The largest absolute Gasteiger partial charge is 0.322 e. The normalized spacial score (nSPS) is 12.0. The van der Waals surface area contributed by atoms with Crippen LogP contribution in [0, 0.1) is 6.92 Å². The summed E-state index contributed by atoms with van der Waals surface area (Å²) in [5.74, 6) is -0.234. The Labute approximate surface area is 143 Å². The van der Waals surface area contributed by atoms with Crippen molar-refractivity contribution in [3.8, 4) is 0 Å². The molecule has 5 nitrogen and oxygen atoms in total. The molecule has 2 N–H and O–H groups in total. The fraction of sp³-hybridized carbons (Fsp3) is 0.278. The zero-order valence-corrected chi connectivity index (χ0v) is 15.1. The van der Waals surface area contributed by atoms with E-state index in [4.69, 9.17) is 0 Å². The Morgan fingerprint density at radius 3 is 2.17 bits per heavy atom. The van der Waals surface area contributed by atoms with Gasteiger partial charge in [0.05, 0.1) is 4.90 Å². The molecule has 2 aromatic rings. The fourth-order valence-corrected chi connectivity index (χ4v) is 3.69. The Bertz CT molecular complexity index is 838. The molecular formula is C18H22N2O3S. The van der Waals surface area contributed by atoms with Crippen LogP contribution in [0.2, 0.25) is 0 Å². The quantitative estimate of drug-likeness (QED) is 0.892. The van der Waals surface area contributed by atoms with Gasteiger partial charge in [-0.2, -0.15) is 0 Å². The average molecular weight is 346 g/mol. The van der Waals surface area contributed by atoms with Gasteiger partial charge in [-0.3, -0.25) is 4.79 Å². The lowest BCUT2D eigenvalue weighted by atomic mass is 10.1. The molecule has 6 heteroatoms. The van der Waals surface area contributed by atoms with Crippen LogP contribution in [0.4, 0.5) is 5.69 Å². The lowest BCUT2D eigenvalue weighted by Gasteiger charge is -2.20. The van der Waals surface area contributed by atoms with Crippen molar-refractivity contribution in [1.82, 2.24) is 4.72 Å². The second kappa shape index (κ2) is 6.75. The molecule has 1 amide bonds. The predicted octanol–water partition coefficient (Wildman–Crippen LogP) is 3.32. The van der Waals surface area contributed by atoms with E-state index in [1.54, 1.807) is 64.1 Å². The van der Waals surface area contributed by atoms with Crippen LogP contribution in [0.1, 0.15) is 36.7 Å². The van der Waals surface area contributed by atoms with E-state index in [0.29, 0.717) is 16.8 Å². The molecule has 0 bridgehead atoms.